The summed E-state index contributed by atoms with van der Waals surface area (Å²) in [7, 11) is 1.61. The number of carbonyl (C=O) groups excluding carboxylic acids is 1. The molecule has 0 atom stereocenters. The van der Waals surface area contributed by atoms with Gasteiger partial charge in [-0.3, -0.25) is 4.79 Å². The number of hydrogen-bond acceptors (Lipinski definition) is 2. The van der Waals surface area contributed by atoms with E-state index in [9.17, 15) is 4.79 Å². The Hall–Kier alpha value is -1.77. The van der Waals surface area contributed by atoms with Gasteiger partial charge < -0.3 is 10.1 Å². The number of methoxy groups -OCH3 is 1. The summed E-state index contributed by atoms with van der Waals surface area (Å²) in [6, 6.07) is 7.23. The summed E-state index contributed by atoms with van der Waals surface area (Å²) in [4.78, 5) is 11.4. The van der Waals surface area contributed by atoms with Gasteiger partial charge in [0.15, 0.2) is 0 Å². The van der Waals surface area contributed by atoms with Crippen molar-refractivity contribution >= 4 is 11.6 Å². The minimum atomic E-state index is -0.112. The van der Waals surface area contributed by atoms with E-state index >= 15 is 0 Å². The molecule has 0 unspecified atom stereocenters. The Morgan fingerprint density at radius 3 is 2.44 bits per heavy atom. The Morgan fingerprint density at radius 1 is 1.31 bits per heavy atom. The Morgan fingerprint density at radius 2 is 1.94 bits per heavy atom. The Kier molecular flexibility index (Phi) is 4.58. The van der Waals surface area contributed by atoms with Gasteiger partial charge in [0.1, 0.15) is 5.75 Å². The normalized spacial score (nSPS) is 10.8. The first-order valence-electron chi connectivity index (χ1n) is 5.25. The fraction of sp³-hybridized carbons (Fsp3) is 0.308. The molecule has 0 bridgehead atoms. The molecule has 1 N–H and O–H groups in total. The number of allylic oxidation sites excluding steroid dienone is 1. The molecule has 16 heavy (non-hydrogen) atoms. The first-order valence-corrected chi connectivity index (χ1v) is 5.25. The summed E-state index contributed by atoms with van der Waals surface area (Å²) in [5.74, 6) is 1.04. The van der Waals surface area contributed by atoms with E-state index in [-0.39, 0.29) is 5.91 Å². The topological polar surface area (TPSA) is 38.3 Å². The van der Waals surface area contributed by atoms with E-state index in [4.69, 9.17) is 4.74 Å². The molecular weight excluding hydrogens is 202 g/mol. The van der Waals surface area contributed by atoms with Crippen molar-refractivity contribution in [2.24, 2.45) is 5.92 Å². The molecule has 1 aromatic carbocycles. The van der Waals surface area contributed by atoms with Crippen LogP contribution in [0, 0.1) is 5.92 Å². The second kappa shape index (κ2) is 5.95. The third-order valence-corrected chi connectivity index (χ3v) is 1.99. The lowest BCUT2D eigenvalue weighted by Crippen LogP contribution is -2.07. The highest BCUT2D eigenvalue weighted by Crippen LogP contribution is 2.14. The third-order valence-electron chi connectivity index (χ3n) is 1.99. The van der Waals surface area contributed by atoms with E-state index in [1.165, 1.54) is 0 Å². The second-order valence-electron chi connectivity index (χ2n) is 3.82. The zero-order valence-electron chi connectivity index (χ0n) is 9.86. The number of anilines is 1. The van der Waals surface area contributed by atoms with Crippen LogP contribution in [0.4, 0.5) is 5.69 Å². The maximum absolute atomic E-state index is 11.4. The van der Waals surface area contributed by atoms with Gasteiger partial charge in [-0.2, -0.15) is 0 Å². The van der Waals surface area contributed by atoms with Crippen LogP contribution >= 0.6 is 0 Å². The number of benzene rings is 1. The summed E-state index contributed by atoms with van der Waals surface area (Å²) < 4.78 is 5.03. The van der Waals surface area contributed by atoms with E-state index in [1.807, 2.05) is 32.1 Å². The maximum Gasteiger partial charge on any atom is 0.248 e. The molecule has 3 heteroatoms. The van der Waals surface area contributed by atoms with Crippen molar-refractivity contribution in [3.8, 4) is 5.75 Å². The quantitative estimate of drug-likeness (QED) is 0.791. The average molecular weight is 219 g/mol. The first kappa shape index (κ1) is 12.3. The molecule has 0 aliphatic carbocycles. The van der Waals surface area contributed by atoms with Crippen LogP contribution < -0.4 is 10.1 Å². The van der Waals surface area contributed by atoms with E-state index in [2.05, 4.69) is 5.32 Å². The van der Waals surface area contributed by atoms with Crippen molar-refractivity contribution in [1.82, 2.24) is 0 Å². The molecule has 0 fully saturated rings. The molecule has 3 nitrogen and oxygen atoms in total. The highest BCUT2D eigenvalue weighted by molar-refractivity contribution is 5.99. The van der Waals surface area contributed by atoms with Gasteiger partial charge in [0.25, 0.3) is 0 Å². The van der Waals surface area contributed by atoms with Crippen LogP contribution in [0.25, 0.3) is 0 Å². The van der Waals surface area contributed by atoms with Gasteiger partial charge in [-0.1, -0.05) is 19.9 Å². The zero-order chi connectivity index (χ0) is 12.0. The van der Waals surface area contributed by atoms with Crippen molar-refractivity contribution in [3.05, 3.63) is 36.4 Å². The zero-order valence-corrected chi connectivity index (χ0v) is 9.86. The van der Waals surface area contributed by atoms with Crippen LogP contribution in [-0.4, -0.2) is 13.0 Å². The molecule has 0 aliphatic rings. The molecule has 0 aliphatic heterocycles. The van der Waals surface area contributed by atoms with Crippen molar-refractivity contribution in [3.63, 3.8) is 0 Å². The minimum absolute atomic E-state index is 0.112. The van der Waals surface area contributed by atoms with Crippen LogP contribution in [0.2, 0.25) is 0 Å². The van der Waals surface area contributed by atoms with Crippen LogP contribution in [0.15, 0.2) is 36.4 Å². The predicted molar refractivity (Wildman–Crippen MR) is 65.6 cm³/mol. The van der Waals surface area contributed by atoms with Crippen molar-refractivity contribution in [2.75, 3.05) is 12.4 Å². The highest BCUT2D eigenvalue weighted by atomic mass is 16.5. The number of nitrogens with one attached hydrogen (secondary N) is 1. The fourth-order valence-corrected chi connectivity index (χ4v) is 1.14. The summed E-state index contributed by atoms with van der Waals surface area (Å²) >= 11 is 0. The third kappa shape index (κ3) is 4.17. The van der Waals surface area contributed by atoms with Crippen LogP contribution in [0.5, 0.6) is 5.75 Å². The molecule has 86 valence electrons. The van der Waals surface area contributed by atoms with Gasteiger partial charge >= 0.3 is 0 Å². The molecule has 1 rings (SSSR count). The Balaban J connectivity index is 2.56. The largest absolute Gasteiger partial charge is 0.497 e. The summed E-state index contributed by atoms with van der Waals surface area (Å²) in [6.45, 7) is 4.05. The summed E-state index contributed by atoms with van der Waals surface area (Å²) in [5, 5.41) is 2.77. The molecule has 0 saturated carbocycles. The van der Waals surface area contributed by atoms with Gasteiger partial charge in [0, 0.05) is 5.69 Å². The fourth-order valence-electron chi connectivity index (χ4n) is 1.14. The van der Waals surface area contributed by atoms with Gasteiger partial charge in [0.05, 0.1) is 7.11 Å². The van der Waals surface area contributed by atoms with Crippen LogP contribution in [0.3, 0.4) is 0 Å². The monoisotopic (exact) mass is 219 g/mol. The number of amides is 1. The summed E-state index contributed by atoms with van der Waals surface area (Å²) in [6.07, 6.45) is 3.41. The van der Waals surface area contributed by atoms with Crippen LogP contribution in [-0.2, 0) is 4.79 Å². The lowest BCUT2D eigenvalue weighted by molar-refractivity contribution is -0.111. The highest BCUT2D eigenvalue weighted by Gasteiger charge is 1.98. The van der Waals surface area contributed by atoms with Crippen LogP contribution in [0.1, 0.15) is 13.8 Å². The number of carbonyl (C=O) groups is 1. The number of rotatable bonds is 4. The van der Waals surface area contributed by atoms with Gasteiger partial charge in [0.2, 0.25) is 5.91 Å². The number of hydrogen-bond donors (Lipinski definition) is 1. The minimum Gasteiger partial charge on any atom is -0.497 e. The summed E-state index contributed by atoms with van der Waals surface area (Å²) in [5.41, 5.74) is 0.763. The Bertz CT molecular complexity index is 366. The van der Waals surface area contributed by atoms with Gasteiger partial charge in [-0.25, -0.2) is 0 Å². The average Bonchev–Trinajstić information content (AvgIpc) is 2.27. The lowest BCUT2D eigenvalue weighted by atomic mass is 10.2. The second-order valence-corrected chi connectivity index (χ2v) is 3.82. The molecule has 1 amide bonds. The number of ether oxygens (including phenoxy) is 1. The van der Waals surface area contributed by atoms with Crippen molar-refractivity contribution < 1.29 is 9.53 Å². The van der Waals surface area contributed by atoms with E-state index in [0.29, 0.717) is 5.92 Å². The maximum atomic E-state index is 11.4. The smallest absolute Gasteiger partial charge is 0.248 e. The molecule has 0 saturated heterocycles. The van der Waals surface area contributed by atoms with Crippen molar-refractivity contribution in [1.29, 1.82) is 0 Å². The SMILES string of the molecule is COc1ccc(NC(=O)/C=C/C(C)C)cc1. The molecule has 0 aromatic heterocycles. The molecule has 0 radical (unpaired) electrons. The van der Waals surface area contributed by atoms with Gasteiger partial charge in [-0.05, 0) is 36.3 Å². The Labute approximate surface area is 96.1 Å². The lowest BCUT2D eigenvalue weighted by Gasteiger charge is -2.03. The van der Waals surface area contributed by atoms with Crippen molar-refractivity contribution in [2.45, 2.75) is 13.8 Å². The predicted octanol–water partition coefficient (Wildman–Crippen LogP) is 2.85. The van der Waals surface area contributed by atoms with E-state index in [0.717, 1.165) is 11.4 Å². The van der Waals surface area contributed by atoms with E-state index in [1.54, 1.807) is 25.3 Å². The van der Waals surface area contributed by atoms with E-state index < -0.39 is 0 Å². The molecular formula is C13H17NO2. The first-order chi connectivity index (χ1) is 7.61. The molecule has 0 spiro atoms. The standard InChI is InChI=1S/C13H17NO2/c1-10(2)4-9-13(15)14-11-5-7-12(16-3)8-6-11/h4-10H,1-3H3,(H,14,15)/b9-4+. The molecule has 0 heterocycles. The van der Waals surface area contributed by atoms with Gasteiger partial charge in [-0.15, -0.1) is 0 Å². The molecule has 1 aromatic rings.